The quantitative estimate of drug-likeness (QED) is 0.754. The number of aromatic nitrogens is 1. The molecule has 2 aromatic heterocycles. The molecule has 6 heteroatoms. The first-order valence-corrected chi connectivity index (χ1v) is 9.94. The van der Waals surface area contributed by atoms with Crippen molar-refractivity contribution in [3.8, 4) is 0 Å². The molecule has 0 bridgehead atoms. The molecule has 0 radical (unpaired) electrons. The molecule has 26 heavy (non-hydrogen) atoms. The molecule has 1 saturated heterocycles. The average molecular weight is 369 g/mol. The summed E-state index contributed by atoms with van der Waals surface area (Å²) in [6, 6.07) is 10.7. The van der Waals surface area contributed by atoms with Gasteiger partial charge in [0.1, 0.15) is 0 Å². The van der Waals surface area contributed by atoms with Crippen LogP contribution in [-0.4, -0.2) is 46.6 Å². The minimum atomic E-state index is -0.0125. The standard InChI is InChI=1S/C20H24N4OS/c1-15(17-7-13-26-14-17)23-9-11-24(12-10-23)20(25)21-18-5-3-4-16-6-8-22(2)19(16)18/h3-8,13-15H,9-12H2,1-2H3,(H,21,25). The van der Waals surface area contributed by atoms with Crippen molar-refractivity contribution in [1.82, 2.24) is 14.4 Å². The minimum Gasteiger partial charge on any atom is -0.349 e. The fourth-order valence-electron chi connectivity index (χ4n) is 3.69. The first-order chi connectivity index (χ1) is 12.6. The molecule has 1 N–H and O–H groups in total. The number of amides is 2. The molecule has 1 unspecified atom stereocenters. The van der Waals surface area contributed by atoms with E-state index in [1.165, 1.54) is 5.56 Å². The maximum atomic E-state index is 12.7. The summed E-state index contributed by atoms with van der Waals surface area (Å²) in [5, 5.41) is 8.58. The number of fused-ring (bicyclic) bond motifs is 1. The Bertz CT molecular complexity index is 894. The van der Waals surface area contributed by atoms with Crippen LogP contribution in [0.2, 0.25) is 0 Å². The Kier molecular flexibility index (Phi) is 4.70. The van der Waals surface area contributed by atoms with Crippen LogP contribution < -0.4 is 5.32 Å². The maximum Gasteiger partial charge on any atom is 0.321 e. The Labute approximate surface area is 157 Å². The molecule has 1 atom stereocenters. The van der Waals surface area contributed by atoms with Gasteiger partial charge in [0.2, 0.25) is 0 Å². The number of rotatable bonds is 3. The van der Waals surface area contributed by atoms with Crippen molar-refractivity contribution in [3.63, 3.8) is 0 Å². The number of anilines is 1. The van der Waals surface area contributed by atoms with Crippen molar-refractivity contribution in [3.05, 3.63) is 52.9 Å². The summed E-state index contributed by atoms with van der Waals surface area (Å²) in [7, 11) is 2.00. The zero-order chi connectivity index (χ0) is 18.1. The number of aryl methyl sites for hydroxylation is 1. The van der Waals surface area contributed by atoms with Gasteiger partial charge in [-0.3, -0.25) is 4.90 Å². The van der Waals surface area contributed by atoms with Crippen LogP contribution in [0.5, 0.6) is 0 Å². The largest absolute Gasteiger partial charge is 0.349 e. The predicted octanol–water partition coefficient (Wildman–Crippen LogP) is 4.15. The number of para-hydroxylation sites is 1. The molecule has 1 fully saturated rings. The lowest BCUT2D eigenvalue weighted by molar-refractivity contribution is 0.119. The van der Waals surface area contributed by atoms with Gasteiger partial charge in [0, 0.05) is 50.9 Å². The van der Waals surface area contributed by atoms with Gasteiger partial charge in [0.25, 0.3) is 0 Å². The van der Waals surface area contributed by atoms with Crippen LogP contribution in [0, 0.1) is 0 Å². The van der Waals surface area contributed by atoms with Gasteiger partial charge in [-0.05, 0) is 41.4 Å². The number of nitrogens with zero attached hydrogens (tertiary/aromatic N) is 3. The number of hydrogen-bond acceptors (Lipinski definition) is 3. The van der Waals surface area contributed by atoms with Crippen LogP contribution in [0.15, 0.2) is 47.3 Å². The maximum absolute atomic E-state index is 12.7. The van der Waals surface area contributed by atoms with Gasteiger partial charge in [-0.15, -0.1) is 0 Å². The molecule has 4 rings (SSSR count). The zero-order valence-corrected chi connectivity index (χ0v) is 16.0. The highest BCUT2D eigenvalue weighted by Crippen LogP contribution is 2.26. The number of urea groups is 1. The normalized spacial score (nSPS) is 16.8. The van der Waals surface area contributed by atoms with Gasteiger partial charge in [-0.1, -0.05) is 12.1 Å². The topological polar surface area (TPSA) is 40.5 Å². The Balaban J connectivity index is 1.40. The average Bonchev–Trinajstić information content (AvgIpc) is 3.32. The van der Waals surface area contributed by atoms with Crippen molar-refractivity contribution in [2.75, 3.05) is 31.5 Å². The van der Waals surface area contributed by atoms with Crippen LogP contribution in [-0.2, 0) is 7.05 Å². The van der Waals surface area contributed by atoms with Crippen molar-refractivity contribution in [2.45, 2.75) is 13.0 Å². The van der Waals surface area contributed by atoms with Crippen LogP contribution in [0.1, 0.15) is 18.5 Å². The van der Waals surface area contributed by atoms with Gasteiger partial charge in [-0.25, -0.2) is 4.79 Å². The third-order valence-electron chi connectivity index (χ3n) is 5.31. The number of carbonyl (C=O) groups excluding carboxylic acids is 1. The Morgan fingerprint density at radius 3 is 2.69 bits per heavy atom. The lowest BCUT2D eigenvalue weighted by atomic mass is 10.1. The summed E-state index contributed by atoms with van der Waals surface area (Å²) in [6.07, 6.45) is 2.02. The van der Waals surface area contributed by atoms with Crippen molar-refractivity contribution >= 4 is 34.0 Å². The molecule has 2 amide bonds. The highest BCUT2D eigenvalue weighted by molar-refractivity contribution is 7.07. The van der Waals surface area contributed by atoms with E-state index in [-0.39, 0.29) is 6.03 Å². The first kappa shape index (κ1) is 17.1. The summed E-state index contributed by atoms with van der Waals surface area (Å²) in [4.78, 5) is 17.1. The Hall–Kier alpha value is -2.31. The number of benzene rings is 1. The summed E-state index contributed by atoms with van der Waals surface area (Å²) >= 11 is 1.74. The Morgan fingerprint density at radius 2 is 1.96 bits per heavy atom. The van der Waals surface area contributed by atoms with Gasteiger partial charge in [0.05, 0.1) is 11.2 Å². The second kappa shape index (κ2) is 7.13. The summed E-state index contributed by atoms with van der Waals surface area (Å²) in [6.45, 7) is 5.55. The van der Waals surface area contributed by atoms with Gasteiger partial charge in [-0.2, -0.15) is 11.3 Å². The summed E-state index contributed by atoms with van der Waals surface area (Å²) in [5.74, 6) is 0. The third kappa shape index (κ3) is 3.22. The van der Waals surface area contributed by atoms with Crippen LogP contribution >= 0.6 is 11.3 Å². The number of piperazine rings is 1. The first-order valence-electron chi connectivity index (χ1n) is 8.99. The van der Waals surface area contributed by atoms with E-state index < -0.39 is 0 Å². The van der Waals surface area contributed by atoms with Crippen LogP contribution in [0.25, 0.3) is 10.9 Å². The molecular formula is C20H24N4OS. The molecule has 0 spiro atoms. The molecule has 3 aromatic rings. The van der Waals surface area contributed by atoms with E-state index in [4.69, 9.17) is 0 Å². The smallest absolute Gasteiger partial charge is 0.321 e. The van der Waals surface area contributed by atoms with Gasteiger partial charge < -0.3 is 14.8 Å². The van der Waals surface area contributed by atoms with Crippen LogP contribution in [0.3, 0.4) is 0 Å². The Morgan fingerprint density at radius 1 is 1.15 bits per heavy atom. The zero-order valence-electron chi connectivity index (χ0n) is 15.2. The van der Waals surface area contributed by atoms with E-state index in [1.54, 1.807) is 11.3 Å². The van der Waals surface area contributed by atoms with Gasteiger partial charge >= 0.3 is 6.03 Å². The molecular weight excluding hydrogens is 344 g/mol. The van der Waals surface area contributed by atoms with Crippen molar-refractivity contribution in [2.24, 2.45) is 7.05 Å². The second-order valence-electron chi connectivity index (χ2n) is 6.86. The number of carbonyl (C=O) groups is 1. The van der Waals surface area contributed by atoms with Crippen molar-refractivity contribution < 1.29 is 4.79 Å². The SMILES string of the molecule is CC(c1ccsc1)N1CCN(C(=O)Nc2cccc3ccn(C)c23)CC1. The molecule has 0 saturated carbocycles. The summed E-state index contributed by atoms with van der Waals surface area (Å²) < 4.78 is 2.05. The molecule has 136 valence electrons. The predicted molar refractivity (Wildman–Crippen MR) is 108 cm³/mol. The number of nitrogens with one attached hydrogen (secondary N) is 1. The number of hydrogen-bond donors (Lipinski definition) is 1. The minimum absolute atomic E-state index is 0.0125. The lowest BCUT2D eigenvalue weighted by Gasteiger charge is -2.37. The molecule has 3 heterocycles. The monoisotopic (exact) mass is 368 g/mol. The van der Waals surface area contributed by atoms with E-state index >= 15 is 0 Å². The highest BCUT2D eigenvalue weighted by Gasteiger charge is 2.25. The molecule has 1 aliphatic rings. The van der Waals surface area contributed by atoms with E-state index in [0.29, 0.717) is 6.04 Å². The summed E-state index contributed by atoms with van der Waals surface area (Å²) in [5.41, 5.74) is 3.29. The second-order valence-corrected chi connectivity index (χ2v) is 7.64. The fraction of sp³-hybridized carbons (Fsp3) is 0.350. The molecule has 5 nitrogen and oxygen atoms in total. The molecule has 1 aliphatic heterocycles. The molecule has 0 aliphatic carbocycles. The van der Waals surface area contributed by atoms with Crippen molar-refractivity contribution in [1.29, 1.82) is 0 Å². The van der Waals surface area contributed by atoms with E-state index in [9.17, 15) is 4.79 Å². The van der Waals surface area contributed by atoms with E-state index in [1.807, 2.05) is 34.8 Å². The lowest BCUT2D eigenvalue weighted by Crippen LogP contribution is -2.50. The van der Waals surface area contributed by atoms with E-state index in [0.717, 1.165) is 42.8 Å². The molecule has 1 aromatic carbocycles. The van der Waals surface area contributed by atoms with Crippen LogP contribution in [0.4, 0.5) is 10.5 Å². The third-order valence-corrected chi connectivity index (χ3v) is 6.02. The highest BCUT2D eigenvalue weighted by atomic mass is 32.1. The van der Waals surface area contributed by atoms with E-state index in [2.05, 4.69) is 46.1 Å². The number of thiophene rings is 1. The fourth-order valence-corrected chi connectivity index (χ4v) is 4.43. The van der Waals surface area contributed by atoms with Gasteiger partial charge in [0.15, 0.2) is 0 Å².